The first-order valence-electron chi connectivity index (χ1n) is 13.9. The highest BCUT2D eigenvalue weighted by Gasteiger charge is 2.45. The monoisotopic (exact) mass is 551 g/mol. The number of piperidine rings is 1. The van der Waals surface area contributed by atoms with E-state index in [0.29, 0.717) is 31.1 Å². The molecule has 1 aliphatic rings. The van der Waals surface area contributed by atoms with Gasteiger partial charge in [0.05, 0.1) is 31.3 Å². The molecule has 9 heteroatoms. The van der Waals surface area contributed by atoms with Crippen molar-refractivity contribution in [3.63, 3.8) is 0 Å². The smallest absolute Gasteiger partial charge is 0.493 e. The van der Waals surface area contributed by atoms with Crippen molar-refractivity contribution >= 4 is 12.1 Å². The lowest BCUT2D eigenvalue weighted by atomic mass is 9.76. The van der Waals surface area contributed by atoms with Gasteiger partial charge >= 0.3 is 6.16 Å². The molecule has 1 fully saturated rings. The molecule has 2 N–H and O–H groups in total. The van der Waals surface area contributed by atoms with Crippen LogP contribution in [0.1, 0.15) is 73.3 Å². The standard InChI is InChI=1S/C30H49NO8/c1-19(2)21(15-20-11-12-24(36-9)26(16-20)37-14-10-13-35-8)17-23-25(38-28(33)39-29(3,4)5)18-22(27(32)31-23)30(6,7)34/h11-12,16,19,21-23,25,34H,10,13-15,17-18H2,1-9H3,(H,31,32)/t21-,22?,23-,25-/m0/s1. The van der Waals surface area contributed by atoms with Crippen LogP contribution in [0.2, 0.25) is 0 Å². The van der Waals surface area contributed by atoms with Gasteiger partial charge in [0, 0.05) is 26.6 Å². The molecule has 1 saturated heterocycles. The van der Waals surface area contributed by atoms with Crippen molar-refractivity contribution in [2.45, 2.75) is 97.5 Å². The summed E-state index contributed by atoms with van der Waals surface area (Å²) >= 11 is 0. The third-order valence-electron chi connectivity index (χ3n) is 7.03. The van der Waals surface area contributed by atoms with E-state index in [2.05, 4.69) is 19.2 Å². The fourth-order valence-electron chi connectivity index (χ4n) is 4.79. The number of methoxy groups -OCH3 is 2. The van der Waals surface area contributed by atoms with Gasteiger partial charge in [0.2, 0.25) is 5.91 Å². The highest BCUT2D eigenvalue weighted by molar-refractivity contribution is 5.81. The number of nitrogens with one attached hydrogen (secondary N) is 1. The molecule has 4 atom stereocenters. The fraction of sp³-hybridized carbons (Fsp3) is 0.733. The van der Waals surface area contributed by atoms with Gasteiger partial charge in [-0.25, -0.2) is 4.79 Å². The van der Waals surface area contributed by atoms with Crippen LogP contribution in [0, 0.1) is 17.8 Å². The van der Waals surface area contributed by atoms with Gasteiger partial charge in [-0.3, -0.25) is 4.79 Å². The lowest BCUT2D eigenvalue weighted by Gasteiger charge is -2.41. The van der Waals surface area contributed by atoms with Crippen LogP contribution < -0.4 is 14.8 Å². The molecule has 1 aromatic carbocycles. The molecule has 39 heavy (non-hydrogen) atoms. The Hall–Kier alpha value is -2.52. The number of hydrogen-bond donors (Lipinski definition) is 2. The maximum absolute atomic E-state index is 13.0. The van der Waals surface area contributed by atoms with Crippen molar-refractivity contribution in [2.75, 3.05) is 27.4 Å². The molecule has 2 rings (SSSR count). The predicted molar refractivity (Wildman–Crippen MR) is 149 cm³/mol. The van der Waals surface area contributed by atoms with Crippen molar-refractivity contribution in [1.82, 2.24) is 5.32 Å². The summed E-state index contributed by atoms with van der Waals surface area (Å²) in [5.41, 5.74) is -0.888. The lowest BCUT2D eigenvalue weighted by molar-refractivity contribution is -0.144. The Labute approximate surface area is 233 Å². The SMILES string of the molecule is COCCCOc1cc(C[C@@H](C[C@@H]2NC(=O)C(C(C)(C)O)C[C@@H]2OC(=O)OC(C)(C)C)C(C)C)ccc1OC. The van der Waals surface area contributed by atoms with Gasteiger partial charge in [-0.1, -0.05) is 19.9 Å². The minimum Gasteiger partial charge on any atom is -0.493 e. The zero-order valence-corrected chi connectivity index (χ0v) is 25.2. The van der Waals surface area contributed by atoms with E-state index < -0.39 is 35.4 Å². The average molecular weight is 552 g/mol. The van der Waals surface area contributed by atoms with Crippen LogP contribution in [0.15, 0.2) is 18.2 Å². The van der Waals surface area contributed by atoms with Gasteiger partial charge in [-0.15, -0.1) is 0 Å². The van der Waals surface area contributed by atoms with E-state index >= 15 is 0 Å². The molecule has 0 saturated carbocycles. The van der Waals surface area contributed by atoms with E-state index in [1.807, 2.05) is 18.2 Å². The van der Waals surface area contributed by atoms with Gasteiger partial charge in [0.1, 0.15) is 11.7 Å². The molecule has 222 valence electrons. The number of carbonyl (C=O) groups is 2. The van der Waals surface area contributed by atoms with Crippen LogP contribution in [0.4, 0.5) is 4.79 Å². The number of rotatable bonds is 13. The predicted octanol–water partition coefficient (Wildman–Crippen LogP) is 4.91. The van der Waals surface area contributed by atoms with E-state index in [1.165, 1.54) is 0 Å². The van der Waals surface area contributed by atoms with E-state index in [1.54, 1.807) is 48.8 Å². The molecule has 0 spiro atoms. The largest absolute Gasteiger partial charge is 0.509 e. The van der Waals surface area contributed by atoms with Crippen LogP contribution in [-0.2, 0) is 25.4 Å². The Morgan fingerprint density at radius 1 is 1.10 bits per heavy atom. The van der Waals surface area contributed by atoms with Crippen molar-refractivity contribution in [3.8, 4) is 11.5 Å². The normalized spacial score (nSPS) is 20.8. The third kappa shape index (κ3) is 10.5. The quantitative estimate of drug-likeness (QED) is 0.263. The molecule has 1 heterocycles. The van der Waals surface area contributed by atoms with Gasteiger partial charge in [0.25, 0.3) is 0 Å². The summed E-state index contributed by atoms with van der Waals surface area (Å²) in [6.45, 7) is 13.9. The lowest BCUT2D eigenvalue weighted by Crippen LogP contribution is -2.58. The van der Waals surface area contributed by atoms with E-state index in [0.717, 1.165) is 18.4 Å². The number of amides is 1. The molecule has 1 unspecified atom stereocenters. The number of carbonyl (C=O) groups excluding carboxylic acids is 2. The summed E-state index contributed by atoms with van der Waals surface area (Å²) in [7, 11) is 3.28. The molecule has 9 nitrogen and oxygen atoms in total. The minimum atomic E-state index is -1.26. The van der Waals surface area contributed by atoms with Crippen LogP contribution in [0.5, 0.6) is 11.5 Å². The summed E-state index contributed by atoms with van der Waals surface area (Å²) in [5.74, 6) is 0.838. The molecule has 0 bridgehead atoms. The molecule has 1 amide bonds. The van der Waals surface area contributed by atoms with Crippen LogP contribution >= 0.6 is 0 Å². The average Bonchev–Trinajstić information content (AvgIpc) is 2.81. The first kappa shape index (κ1) is 32.7. The van der Waals surface area contributed by atoms with Crippen molar-refractivity contribution < 1.29 is 38.4 Å². The molecular weight excluding hydrogens is 502 g/mol. The highest BCUT2D eigenvalue weighted by Crippen LogP contribution is 2.34. The van der Waals surface area contributed by atoms with Crippen LogP contribution in [0.25, 0.3) is 0 Å². The fourth-order valence-corrected chi connectivity index (χ4v) is 4.79. The van der Waals surface area contributed by atoms with Gasteiger partial charge in [-0.2, -0.15) is 0 Å². The Morgan fingerprint density at radius 3 is 2.36 bits per heavy atom. The van der Waals surface area contributed by atoms with E-state index in [9.17, 15) is 14.7 Å². The maximum Gasteiger partial charge on any atom is 0.509 e. The Balaban J connectivity index is 2.23. The second kappa shape index (κ2) is 14.2. The first-order chi connectivity index (χ1) is 18.1. The molecule has 0 aliphatic carbocycles. The number of hydrogen-bond acceptors (Lipinski definition) is 8. The third-order valence-corrected chi connectivity index (χ3v) is 7.03. The molecular formula is C30H49NO8. The second-order valence-electron chi connectivity index (χ2n) is 12.3. The first-order valence-corrected chi connectivity index (χ1v) is 13.9. The van der Waals surface area contributed by atoms with Crippen LogP contribution in [-0.4, -0.2) is 68.0 Å². The Kier molecular flexibility index (Phi) is 11.9. The van der Waals surface area contributed by atoms with Crippen molar-refractivity contribution in [3.05, 3.63) is 23.8 Å². The molecule has 0 radical (unpaired) electrons. The van der Waals surface area contributed by atoms with Gasteiger partial charge in [0.15, 0.2) is 11.5 Å². The topological polar surface area (TPSA) is 113 Å². The second-order valence-corrected chi connectivity index (χ2v) is 12.3. The van der Waals surface area contributed by atoms with Gasteiger partial charge < -0.3 is 34.1 Å². The number of ether oxygens (including phenoxy) is 5. The zero-order valence-electron chi connectivity index (χ0n) is 25.2. The van der Waals surface area contributed by atoms with E-state index in [4.69, 9.17) is 23.7 Å². The number of benzene rings is 1. The van der Waals surface area contributed by atoms with Gasteiger partial charge in [-0.05, 0) is 77.0 Å². The van der Waals surface area contributed by atoms with Crippen molar-refractivity contribution in [1.29, 1.82) is 0 Å². The molecule has 1 aromatic rings. The summed E-state index contributed by atoms with van der Waals surface area (Å²) < 4.78 is 27.7. The Bertz CT molecular complexity index is 934. The maximum atomic E-state index is 13.0. The zero-order chi connectivity index (χ0) is 29.4. The van der Waals surface area contributed by atoms with Crippen LogP contribution in [0.3, 0.4) is 0 Å². The highest BCUT2D eigenvalue weighted by atomic mass is 16.7. The molecule has 0 aromatic heterocycles. The summed E-state index contributed by atoms with van der Waals surface area (Å²) in [6, 6.07) is 5.51. The minimum absolute atomic E-state index is 0.161. The molecule has 1 aliphatic heterocycles. The Morgan fingerprint density at radius 2 is 1.79 bits per heavy atom. The van der Waals surface area contributed by atoms with E-state index in [-0.39, 0.29) is 24.2 Å². The van der Waals surface area contributed by atoms with Crippen molar-refractivity contribution in [2.24, 2.45) is 17.8 Å². The number of aliphatic hydroxyl groups is 1. The summed E-state index contributed by atoms with van der Waals surface area (Å²) in [4.78, 5) is 25.6. The summed E-state index contributed by atoms with van der Waals surface area (Å²) in [5, 5.41) is 13.6. The summed E-state index contributed by atoms with van der Waals surface area (Å²) in [6.07, 6.45) is 0.888.